The standard InChI is InChI=1S/C13H16N2OS/c1-16-6-7-17-9-11-8-10-4-2-3-5-12(10)15-13(11)14/h2-5,8H,6-7,9H2,1H3,(H2,14,15). The number of nitrogens with two attached hydrogens (primary N) is 1. The lowest BCUT2D eigenvalue weighted by atomic mass is 10.1. The molecule has 4 heteroatoms. The van der Waals surface area contributed by atoms with Crippen molar-refractivity contribution < 1.29 is 4.74 Å². The summed E-state index contributed by atoms with van der Waals surface area (Å²) in [7, 11) is 1.71. The van der Waals surface area contributed by atoms with Gasteiger partial charge < -0.3 is 10.5 Å². The van der Waals surface area contributed by atoms with E-state index in [1.807, 2.05) is 30.0 Å². The van der Waals surface area contributed by atoms with Crippen LogP contribution in [-0.2, 0) is 10.5 Å². The third-order valence-corrected chi connectivity index (χ3v) is 3.50. The Labute approximate surface area is 105 Å². The van der Waals surface area contributed by atoms with Crippen molar-refractivity contribution in [2.45, 2.75) is 5.75 Å². The first-order chi connectivity index (χ1) is 8.31. The summed E-state index contributed by atoms with van der Waals surface area (Å²) in [5, 5.41) is 1.14. The van der Waals surface area contributed by atoms with Gasteiger partial charge >= 0.3 is 0 Å². The average Bonchev–Trinajstić information content (AvgIpc) is 2.35. The van der Waals surface area contributed by atoms with Gasteiger partial charge in [0.2, 0.25) is 0 Å². The molecule has 0 aliphatic carbocycles. The second-order valence-electron chi connectivity index (χ2n) is 3.77. The number of thioether (sulfide) groups is 1. The topological polar surface area (TPSA) is 48.1 Å². The second kappa shape index (κ2) is 5.89. The average molecular weight is 248 g/mol. The number of pyridine rings is 1. The van der Waals surface area contributed by atoms with Crippen LogP contribution in [0.25, 0.3) is 10.9 Å². The van der Waals surface area contributed by atoms with Crippen LogP contribution < -0.4 is 5.73 Å². The van der Waals surface area contributed by atoms with Crippen LogP contribution in [-0.4, -0.2) is 24.5 Å². The molecule has 0 aliphatic rings. The first kappa shape index (κ1) is 12.2. The smallest absolute Gasteiger partial charge is 0.128 e. The molecule has 17 heavy (non-hydrogen) atoms. The molecule has 1 aromatic heterocycles. The quantitative estimate of drug-likeness (QED) is 0.826. The molecule has 0 saturated heterocycles. The zero-order valence-electron chi connectivity index (χ0n) is 9.85. The number of para-hydroxylation sites is 1. The Morgan fingerprint density at radius 1 is 1.35 bits per heavy atom. The minimum Gasteiger partial charge on any atom is -0.384 e. The molecule has 0 aliphatic heterocycles. The minimum atomic E-state index is 0.633. The third kappa shape index (κ3) is 3.11. The van der Waals surface area contributed by atoms with Crippen LogP contribution in [0.2, 0.25) is 0 Å². The number of nitrogen functional groups attached to an aromatic ring is 1. The van der Waals surface area contributed by atoms with E-state index in [0.717, 1.165) is 34.6 Å². The number of methoxy groups -OCH3 is 1. The maximum atomic E-state index is 5.95. The predicted octanol–water partition coefficient (Wildman–Crippen LogP) is 2.70. The predicted molar refractivity (Wildman–Crippen MR) is 74.2 cm³/mol. The van der Waals surface area contributed by atoms with Crippen molar-refractivity contribution in [2.24, 2.45) is 0 Å². The Morgan fingerprint density at radius 3 is 3.00 bits per heavy atom. The van der Waals surface area contributed by atoms with Crippen LogP contribution in [0, 0.1) is 0 Å². The lowest BCUT2D eigenvalue weighted by molar-refractivity contribution is 0.218. The molecule has 90 valence electrons. The molecule has 2 rings (SSSR count). The molecular weight excluding hydrogens is 232 g/mol. The number of anilines is 1. The van der Waals surface area contributed by atoms with E-state index in [4.69, 9.17) is 10.5 Å². The Bertz CT molecular complexity index is 502. The number of rotatable bonds is 5. The van der Waals surface area contributed by atoms with Crippen molar-refractivity contribution in [1.82, 2.24) is 4.98 Å². The van der Waals surface area contributed by atoms with Gasteiger partial charge in [-0.15, -0.1) is 0 Å². The Balaban J connectivity index is 2.14. The SMILES string of the molecule is COCCSCc1cc2ccccc2nc1N. The minimum absolute atomic E-state index is 0.633. The molecule has 0 spiro atoms. The number of benzene rings is 1. The van der Waals surface area contributed by atoms with E-state index < -0.39 is 0 Å². The number of aromatic nitrogens is 1. The van der Waals surface area contributed by atoms with Crippen molar-refractivity contribution in [2.75, 3.05) is 25.2 Å². The molecule has 0 unspecified atom stereocenters. The van der Waals surface area contributed by atoms with Crippen molar-refractivity contribution in [3.8, 4) is 0 Å². The van der Waals surface area contributed by atoms with Gasteiger partial charge in [-0.25, -0.2) is 4.98 Å². The van der Waals surface area contributed by atoms with Crippen LogP contribution in [0.15, 0.2) is 30.3 Å². The van der Waals surface area contributed by atoms with Gasteiger partial charge in [-0.05, 0) is 12.1 Å². The van der Waals surface area contributed by atoms with E-state index in [1.54, 1.807) is 7.11 Å². The second-order valence-corrected chi connectivity index (χ2v) is 4.88. The highest BCUT2D eigenvalue weighted by Gasteiger charge is 2.03. The molecule has 1 heterocycles. The Kier molecular flexibility index (Phi) is 4.23. The molecule has 0 fully saturated rings. The van der Waals surface area contributed by atoms with Gasteiger partial charge in [-0.1, -0.05) is 18.2 Å². The fourth-order valence-corrected chi connectivity index (χ4v) is 2.49. The maximum Gasteiger partial charge on any atom is 0.128 e. The number of hydrogen-bond donors (Lipinski definition) is 1. The van der Waals surface area contributed by atoms with E-state index in [1.165, 1.54) is 0 Å². The van der Waals surface area contributed by atoms with Gasteiger partial charge in [0.15, 0.2) is 0 Å². The number of nitrogens with zero attached hydrogens (tertiary/aromatic N) is 1. The molecule has 2 aromatic rings. The zero-order chi connectivity index (χ0) is 12.1. The monoisotopic (exact) mass is 248 g/mol. The van der Waals surface area contributed by atoms with E-state index in [9.17, 15) is 0 Å². The van der Waals surface area contributed by atoms with Crippen LogP contribution >= 0.6 is 11.8 Å². The first-order valence-corrected chi connectivity index (χ1v) is 6.67. The molecular formula is C13H16N2OS. The van der Waals surface area contributed by atoms with Crippen molar-refractivity contribution in [3.63, 3.8) is 0 Å². The fourth-order valence-electron chi connectivity index (χ4n) is 1.61. The van der Waals surface area contributed by atoms with Crippen molar-refractivity contribution in [1.29, 1.82) is 0 Å². The summed E-state index contributed by atoms with van der Waals surface area (Å²) in [6.45, 7) is 0.769. The van der Waals surface area contributed by atoms with Gasteiger partial charge in [0.1, 0.15) is 5.82 Å². The lowest BCUT2D eigenvalue weighted by Crippen LogP contribution is -1.98. The number of ether oxygens (including phenoxy) is 1. The molecule has 0 bridgehead atoms. The van der Waals surface area contributed by atoms with Crippen molar-refractivity contribution in [3.05, 3.63) is 35.9 Å². The van der Waals surface area contributed by atoms with E-state index >= 15 is 0 Å². The summed E-state index contributed by atoms with van der Waals surface area (Å²) in [4.78, 5) is 4.41. The van der Waals surface area contributed by atoms with Gasteiger partial charge in [0.25, 0.3) is 0 Å². The molecule has 0 amide bonds. The molecule has 1 aromatic carbocycles. The zero-order valence-corrected chi connectivity index (χ0v) is 10.7. The van der Waals surface area contributed by atoms with Crippen molar-refractivity contribution >= 4 is 28.5 Å². The van der Waals surface area contributed by atoms with Crippen LogP contribution in [0.3, 0.4) is 0 Å². The summed E-state index contributed by atoms with van der Waals surface area (Å²) < 4.78 is 5.01. The Hall–Kier alpha value is -1.26. The summed E-state index contributed by atoms with van der Waals surface area (Å²) in [6.07, 6.45) is 0. The molecule has 2 N–H and O–H groups in total. The number of hydrogen-bond acceptors (Lipinski definition) is 4. The molecule has 3 nitrogen and oxygen atoms in total. The molecule has 0 radical (unpaired) electrons. The fraction of sp³-hybridized carbons (Fsp3) is 0.308. The van der Waals surface area contributed by atoms with Crippen LogP contribution in [0.5, 0.6) is 0 Å². The van der Waals surface area contributed by atoms with Gasteiger partial charge in [-0.3, -0.25) is 0 Å². The largest absolute Gasteiger partial charge is 0.384 e. The highest BCUT2D eigenvalue weighted by Crippen LogP contribution is 2.22. The van der Waals surface area contributed by atoms with E-state index in [2.05, 4.69) is 17.1 Å². The summed E-state index contributed by atoms with van der Waals surface area (Å²) in [5.41, 5.74) is 8.00. The third-order valence-electron chi connectivity index (χ3n) is 2.53. The summed E-state index contributed by atoms with van der Waals surface area (Å²) >= 11 is 1.81. The van der Waals surface area contributed by atoms with Gasteiger partial charge in [0.05, 0.1) is 12.1 Å². The maximum absolute atomic E-state index is 5.95. The van der Waals surface area contributed by atoms with Crippen LogP contribution in [0.4, 0.5) is 5.82 Å². The van der Waals surface area contributed by atoms with Gasteiger partial charge in [-0.2, -0.15) is 11.8 Å². The van der Waals surface area contributed by atoms with Gasteiger partial charge in [0, 0.05) is 29.6 Å². The highest BCUT2D eigenvalue weighted by molar-refractivity contribution is 7.98. The highest BCUT2D eigenvalue weighted by atomic mass is 32.2. The molecule has 0 atom stereocenters. The molecule has 0 saturated carbocycles. The first-order valence-electron chi connectivity index (χ1n) is 5.52. The van der Waals surface area contributed by atoms with E-state index in [0.29, 0.717) is 5.82 Å². The normalized spacial score (nSPS) is 10.9. The Morgan fingerprint density at radius 2 is 2.18 bits per heavy atom. The number of fused-ring (bicyclic) bond motifs is 1. The van der Waals surface area contributed by atoms with E-state index in [-0.39, 0.29) is 0 Å². The summed E-state index contributed by atoms with van der Waals surface area (Å²) in [6, 6.07) is 10.2. The van der Waals surface area contributed by atoms with Crippen LogP contribution in [0.1, 0.15) is 5.56 Å². The summed E-state index contributed by atoms with van der Waals surface area (Å²) in [5.74, 6) is 2.49. The lowest BCUT2D eigenvalue weighted by Gasteiger charge is -2.06.